The predicted molar refractivity (Wildman–Crippen MR) is 166 cm³/mol. The van der Waals surface area contributed by atoms with Gasteiger partial charge in [0.1, 0.15) is 28.4 Å². The van der Waals surface area contributed by atoms with E-state index in [1.807, 2.05) is 0 Å². The number of alkyl halides is 3. The van der Waals surface area contributed by atoms with Crippen LogP contribution in [0.1, 0.15) is 52.1 Å². The maximum Gasteiger partial charge on any atom is 0.491 e. The average Bonchev–Trinajstić information content (AvgIpc) is 3.57. The molecule has 2 saturated heterocycles. The molecule has 1 saturated carbocycles. The largest absolute Gasteiger partial charge is 0.491 e. The number of rotatable bonds is 10. The summed E-state index contributed by atoms with van der Waals surface area (Å²) in [6.07, 6.45) is -3.22. The number of fused-ring (bicyclic) bond motifs is 1. The fourth-order valence-electron chi connectivity index (χ4n) is 5.21. The molecule has 1 aliphatic carbocycles. The van der Waals surface area contributed by atoms with Gasteiger partial charge in [-0.25, -0.2) is 19.4 Å². The first-order valence-electron chi connectivity index (χ1n) is 14.9. The molecule has 0 unspecified atom stereocenters. The van der Waals surface area contributed by atoms with Gasteiger partial charge in [-0.15, -0.1) is 23.1 Å². The van der Waals surface area contributed by atoms with E-state index in [1.165, 1.54) is 5.38 Å². The smallest absolute Gasteiger partial charge is 0.457 e. The lowest BCUT2D eigenvalue weighted by atomic mass is 9.91. The average molecular weight is 729 g/mol. The number of carbonyl (C=O) groups excluding carboxylic acids is 6. The Hall–Kier alpha value is -4.46. The van der Waals surface area contributed by atoms with Gasteiger partial charge in [-0.1, -0.05) is 5.16 Å². The monoisotopic (exact) mass is 728 g/mol. The van der Waals surface area contributed by atoms with Crippen LogP contribution in [0.4, 0.5) is 18.3 Å². The van der Waals surface area contributed by atoms with Crippen molar-refractivity contribution in [1.82, 2.24) is 20.5 Å². The Bertz CT molecular complexity index is 1690. The number of nitrogen functional groups attached to an aromatic ring is 1. The number of anilines is 1. The van der Waals surface area contributed by atoms with Gasteiger partial charge in [-0.3, -0.25) is 19.3 Å². The zero-order valence-corrected chi connectivity index (χ0v) is 27.9. The van der Waals surface area contributed by atoms with Crippen LogP contribution in [0.2, 0.25) is 0 Å². The molecular formula is C29H31F3N6O9S2. The molecule has 3 fully saturated rings. The van der Waals surface area contributed by atoms with Crippen LogP contribution in [0, 0.1) is 5.92 Å². The summed E-state index contributed by atoms with van der Waals surface area (Å²) in [5, 5.41) is 9.29. The number of oxime groups is 1. The zero-order chi connectivity index (χ0) is 35.8. The van der Waals surface area contributed by atoms with Crippen molar-refractivity contribution < 1.29 is 56.2 Å². The summed E-state index contributed by atoms with van der Waals surface area (Å²) in [7, 11) is 0. The molecule has 15 nitrogen and oxygen atoms in total. The first-order chi connectivity index (χ1) is 22.9. The maximum atomic E-state index is 13.6. The van der Waals surface area contributed by atoms with Crippen molar-refractivity contribution in [3.8, 4) is 0 Å². The lowest BCUT2D eigenvalue weighted by Gasteiger charge is -2.50. The Kier molecular flexibility index (Phi) is 10.1. The molecule has 2 atom stereocenters. The second-order valence-corrected chi connectivity index (χ2v) is 14.3. The highest BCUT2D eigenvalue weighted by atomic mass is 32.2. The molecule has 0 aromatic carbocycles. The van der Waals surface area contributed by atoms with Crippen LogP contribution in [0.25, 0.3) is 0 Å². The van der Waals surface area contributed by atoms with Crippen molar-refractivity contribution in [3.63, 3.8) is 0 Å². The Balaban J connectivity index is 1.43. The minimum absolute atomic E-state index is 0.0487. The fourth-order valence-corrected chi connectivity index (χ4v) is 7.14. The molecule has 264 valence electrons. The van der Waals surface area contributed by atoms with Crippen molar-refractivity contribution in [2.75, 3.05) is 24.6 Å². The van der Waals surface area contributed by atoms with Gasteiger partial charge in [-0.05, 0) is 63.5 Å². The van der Waals surface area contributed by atoms with Crippen LogP contribution >= 0.6 is 23.1 Å². The van der Waals surface area contributed by atoms with Crippen LogP contribution in [0.5, 0.6) is 0 Å². The van der Waals surface area contributed by atoms with Crippen LogP contribution < -0.4 is 16.4 Å². The molecule has 3 amide bonds. The van der Waals surface area contributed by atoms with Crippen LogP contribution in [-0.4, -0.2) is 93.3 Å². The highest BCUT2D eigenvalue weighted by molar-refractivity contribution is 8.00. The number of esters is 3. The Morgan fingerprint density at radius 2 is 1.90 bits per heavy atom. The molecule has 20 heteroatoms. The topological polar surface area (TPSA) is 209 Å². The molecule has 5 rings (SSSR count). The Morgan fingerprint density at radius 3 is 2.47 bits per heavy atom. The molecule has 1 aromatic heterocycles. The molecule has 49 heavy (non-hydrogen) atoms. The van der Waals surface area contributed by atoms with E-state index in [0.29, 0.717) is 24.1 Å². The van der Waals surface area contributed by atoms with E-state index in [-0.39, 0.29) is 34.5 Å². The SMILES string of the molecule is CC(C)(C)OC(=O)CO/N=C(\C(=O)N[C@@H]1C(=O)N2C(C(=O)OC(=O)C(F)(F)F)=C(/C(CC3CC3)=C3\CCNC3=O)CS[C@H]12)c1csc(N)n1. The fraction of sp³-hybridized carbons (Fsp3) is 0.517. The number of thioether (sulfide) groups is 1. The van der Waals surface area contributed by atoms with Gasteiger partial charge >= 0.3 is 24.1 Å². The van der Waals surface area contributed by atoms with Crippen LogP contribution in [-0.2, 0) is 43.1 Å². The number of hydrogen-bond donors (Lipinski definition) is 3. The number of β-lactam (4-membered cyclic amide) rings is 1. The minimum atomic E-state index is -5.50. The molecule has 4 heterocycles. The first kappa shape index (κ1) is 35.8. The number of hydrogen-bond acceptors (Lipinski definition) is 14. The zero-order valence-electron chi connectivity index (χ0n) is 26.3. The van der Waals surface area contributed by atoms with Gasteiger partial charge in [0, 0.05) is 23.3 Å². The number of thiazole rings is 1. The number of allylic oxidation sites excluding steroid dienone is 1. The van der Waals surface area contributed by atoms with Crippen LogP contribution in [0.3, 0.4) is 0 Å². The maximum absolute atomic E-state index is 13.6. The quantitative estimate of drug-likeness (QED) is 0.0786. The standard InChI is InChI=1S/C29H31F3N6O9S2/c1-28(2,3)47-17(39)9-45-37-18(16-11-49-27(33)35-16)22(41)36-19-23(42)38-20(25(43)46-26(44)29(30,31)32)15(10-48-24(19)38)14(8-12-4-5-12)13-6-7-34-21(13)40/h11-12,19,24H,4-10H2,1-3H3,(H2,33,35)(H,34,40)(H,36,41)/b14-13+,37-18-/t19-,24-/m1/s1. The van der Waals surface area contributed by atoms with Crippen molar-refractivity contribution >= 4 is 69.6 Å². The number of nitrogens with zero attached hydrogens (tertiary/aromatic N) is 3. The molecule has 0 radical (unpaired) electrons. The molecule has 3 aliphatic heterocycles. The van der Waals surface area contributed by atoms with Gasteiger partial charge in [0.25, 0.3) is 11.8 Å². The van der Waals surface area contributed by atoms with Gasteiger partial charge in [-0.2, -0.15) is 13.2 Å². The predicted octanol–water partition coefficient (Wildman–Crippen LogP) is 1.69. The molecule has 1 aromatic rings. The van der Waals surface area contributed by atoms with Crippen molar-refractivity contribution in [1.29, 1.82) is 0 Å². The molecule has 4 N–H and O–H groups in total. The normalized spacial score (nSPS) is 22.2. The Labute approximate surface area is 284 Å². The summed E-state index contributed by atoms with van der Waals surface area (Å²) >= 11 is 2.05. The number of halogens is 3. The van der Waals surface area contributed by atoms with E-state index in [1.54, 1.807) is 20.8 Å². The highest BCUT2D eigenvalue weighted by Gasteiger charge is 2.56. The summed E-state index contributed by atoms with van der Waals surface area (Å²) in [6.45, 7) is 4.56. The van der Waals surface area contributed by atoms with E-state index in [9.17, 15) is 41.9 Å². The lowest BCUT2D eigenvalue weighted by Crippen LogP contribution is -2.71. The number of nitrogens with two attached hydrogens (primary N) is 1. The summed E-state index contributed by atoms with van der Waals surface area (Å²) < 4.78 is 48.6. The number of nitrogens with one attached hydrogen (secondary N) is 2. The molecule has 4 aliphatic rings. The molecule has 0 spiro atoms. The minimum Gasteiger partial charge on any atom is -0.457 e. The lowest BCUT2D eigenvalue weighted by molar-refractivity contribution is -0.201. The van der Waals surface area contributed by atoms with E-state index in [2.05, 4.69) is 25.5 Å². The third kappa shape index (κ3) is 8.23. The number of aromatic nitrogens is 1. The number of carbonyl (C=O) groups is 6. The van der Waals surface area contributed by atoms with Gasteiger partial charge in [0.05, 0.1) is 0 Å². The second-order valence-electron chi connectivity index (χ2n) is 12.3. The summed E-state index contributed by atoms with van der Waals surface area (Å²) in [5.41, 5.74) is 4.62. The highest BCUT2D eigenvalue weighted by Crippen LogP contribution is 2.47. The van der Waals surface area contributed by atoms with E-state index in [0.717, 1.165) is 40.8 Å². The summed E-state index contributed by atoms with van der Waals surface area (Å²) in [4.78, 5) is 86.7. The van der Waals surface area contributed by atoms with Crippen molar-refractivity contribution in [2.24, 2.45) is 11.1 Å². The van der Waals surface area contributed by atoms with Gasteiger partial charge in [0.2, 0.25) is 12.5 Å². The van der Waals surface area contributed by atoms with Gasteiger partial charge in [0.15, 0.2) is 10.8 Å². The van der Waals surface area contributed by atoms with Gasteiger partial charge < -0.3 is 30.7 Å². The summed E-state index contributed by atoms with van der Waals surface area (Å²) in [5.74, 6) is -7.48. The van der Waals surface area contributed by atoms with E-state index < -0.39 is 76.8 Å². The van der Waals surface area contributed by atoms with Crippen molar-refractivity contribution in [2.45, 2.75) is 69.6 Å². The first-order valence-corrected chi connectivity index (χ1v) is 16.8. The molecule has 0 bridgehead atoms. The van der Waals surface area contributed by atoms with Crippen LogP contribution in [0.15, 0.2) is 33.0 Å². The Morgan fingerprint density at radius 1 is 1.18 bits per heavy atom. The molecular weight excluding hydrogens is 697 g/mol. The van der Waals surface area contributed by atoms with E-state index >= 15 is 0 Å². The van der Waals surface area contributed by atoms with E-state index in [4.69, 9.17) is 15.3 Å². The number of amides is 3. The van der Waals surface area contributed by atoms with Crippen molar-refractivity contribution in [3.05, 3.63) is 33.5 Å². The number of ether oxygens (including phenoxy) is 2. The second kappa shape index (κ2) is 13.8. The third-order valence-electron chi connectivity index (χ3n) is 7.46. The summed E-state index contributed by atoms with van der Waals surface area (Å²) in [6, 6.07) is -1.33. The third-order valence-corrected chi connectivity index (χ3v) is 9.41.